The van der Waals surface area contributed by atoms with Gasteiger partial charge in [-0.3, -0.25) is 0 Å². The number of aliphatic hydroxyl groups excluding tert-OH is 1. The number of methoxy groups -OCH3 is 1. The van der Waals surface area contributed by atoms with Crippen LogP contribution in [0.5, 0.6) is 0 Å². The molecule has 1 unspecified atom stereocenters. The van der Waals surface area contributed by atoms with Crippen LogP contribution in [0.2, 0.25) is 5.02 Å². The molecule has 0 saturated carbocycles. The monoisotopic (exact) mass is 352 g/mol. The summed E-state index contributed by atoms with van der Waals surface area (Å²) in [6, 6.07) is 0.924. The maximum Gasteiger partial charge on any atom is 0.417 e. The van der Waals surface area contributed by atoms with E-state index in [1.165, 1.54) is 19.6 Å². The third kappa shape index (κ3) is 3.81. The third-order valence-electron chi connectivity index (χ3n) is 2.78. The van der Waals surface area contributed by atoms with Gasteiger partial charge in [-0.05, 0) is 6.07 Å². The third-order valence-corrected chi connectivity index (χ3v) is 4.52. The second-order valence-corrected chi connectivity index (χ2v) is 5.85. The maximum atomic E-state index is 13.1. The predicted molar refractivity (Wildman–Crippen MR) is 78.2 cm³/mol. The Kier molecular flexibility index (Phi) is 5.49. The SMILES string of the molecule is COCC(O)CSc1c(Cl)c(C(F)(F)F)cc2cncnc12. The van der Waals surface area contributed by atoms with Gasteiger partial charge in [-0.2, -0.15) is 13.2 Å². The van der Waals surface area contributed by atoms with Crippen LogP contribution in [-0.4, -0.2) is 40.6 Å². The summed E-state index contributed by atoms with van der Waals surface area (Å²) in [5, 5.41) is 9.47. The van der Waals surface area contributed by atoms with Crippen molar-refractivity contribution in [3.63, 3.8) is 0 Å². The topological polar surface area (TPSA) is 55.2 Å². The van der Waals surface area contributed by atoms with Gasteiger partial charge in [-0.1, -0.05) is 11.6 Å². The van der Waals surface area contributed by atoms with Gasteiger partial charge in [0.25, 0.3) is 0 Å². The Labute approximate surface area is 133 Å². The molecule has 2 aromatic rings. The van der Waals surface area contributed by atoms with E-state index in [2.05, 4.69) is 9.97 Å². The highest BCUT2D eigenvalue weighted by atomic mass is 35.5. The van der Waals surface area contributed by atoms with Gasteiger partial charge in [0.2, 0.25) is 0 Å². The zero-order valence-corrected chi connectivity index (χ0v) is 13.0. The van der Waals surface area contributed by atoms with E-state index in [-0.39, 0.29) is 22.6 Å². The van der Waals surface area contributed by atoms with Gasteiger partial charge in [0.15, 0.2) is 0 Å². The summed E-state index contributed by atoms with van der Waals surface area (Å²) >= 11 is 6.92. The summed E-state index contributed by atoms with van der Waals surface area (Å²) in [4.78, 5) is 7.89. The molecule has 1 N–H and O–H groups in total. The number of aromatic nitrogens is 2. The Hall–Kier alpha value is -1.09. The molecule has 2 rings (SSSR count). The van der Waals surface area contributed by atoms with Crippen LogP contribution in [0.3, 0.4) is 0 Å². The van der Waals surface area contributed by atoms with Gasteiger partial charge < -0.3 is 9.84 Å². The molecule has 1 aromatic carbocycles. The smallest absolute Gasteiger partial charge is 0.390 e. The zero-order chi connectivity index (χ0) is 16.3. The zero-order valence-electron chi connectivity index (χ0n) is 11.4. The number of hydrogen-bond acceptors (Lipinski definition) is 5. The largest absolute Gasteiger partial charge is 0.417 e. The van der Waals surface area contributed by atoms with E-state index in [0.717, 1.165) is 17.8 Å². The average Bonchev–Trinajstić information content (AvgIpc) is 2.45. The number of hydrogen-bond donors (Lipinski definition) is 1. The van der Waals surface area contributed by atoms with Gasteiger partial charge in [0, 0.05) is 24.4 Å². The van der Waals surface area contributed by atoms with Crippen molar-refractivity contribution in [1.82, 2.24) is 9.97 Å². The van der Waals surface area contributed by atoms with Crippen molar-refractivity contribution in [2.45, 2.75) is 17.2 Å². The van der Waals surface area contributed by atoms with Gasteiger partial charge in [-0.15, -0.1) is 11.8 Å². The molecule has 9 heteroatoms. The number of benzene rings is 1. The number of thioether (sulfide) groups is 1. The second kappa shape index (κ2) is 6.99. The maximum absolute atomic E-state index is 13.1. The lowest BCUT2D eigenvalue weighted by Crippen LogP contribution is -2.16. The van der Waals surface area contributed by atoms with Crippen molar-refractivity contribution in [2.75, 3.05) is 19.5 Å². The number of ether oxygens (including phenoxy) is 1. The molecule has 0 bridgehead atoms. The first-order valence-corrected chi connectivity index (χ1v) is 7.50. The van der Waals surface area contributed by atoms with Crippen LogP contribution in [0.25, 0.3) is 10.9 Å². The van der Waals surface area contributed by atoms with Crippen molar-refractivity contribution in [3.8, 4) is 0 Å². The molecule has 22 heavy (non-hydrogen) atoms. The summed E-state index contributed by atoms with van der Waals surface area (Å²) in [6.07, 6.45) is -2.87. The fraction of sp³-hybridized carbons (Fsp3) is 0.385. The molecular weight excluding hydrogens is 341 g/mol. The summed E-state index contributed by atoms with van der Waals surface area (Å²) in [5.74, 6) is 0.133. The molecule has 0 radical (unpaired) electrons. The standard InChI is InChI=1S/C13H12ClF3N2O2S/c1-21-4-8(20)5-22-12-10(14)9(13(15,16)17)2-7-3-18-6-19-11(7)12/h2-3,6,8,20H,4-5H2,1H3. The minimum Gasteiger partial charge on any atom is -0.390 e. The Balaban J connectivity index is 2.48. The first-order valence-electron chi connectivity index (χ1n) is 6.13. The highest BCUT2D eigenvalue weighted by Gasteiger charge is 2.35. The number of aliphatic hydroxyl groups is 1. The lowest BCUT2D eigenvalue weighted by atomic mass is 10.1. The highest BCUT2D eigenvalue weighted by Crippen LogP contribution is 2.43. The fourth-order valence-corrected chi connectivity index (χ4v) is 3.25. The molecule has 0 amide bonds. The Morgan fingerprint density at radius 3 is 2.82 bits per heavy atom. The molecule has 120 valence electrons. The molecule has 0 aliphatic rings. The van der Waals surface area contributed by atoms with Gasteiger partial charge in [-0.25, -0.2) is 9.97 Å². The Bertz CT molecular complexity index is 670. The van der Waals surface area contributed by atoms with E-state index in [9.17, 15) is 18.3 Å². The molecule has 0 saturated heterocycles. The summed E-state index contributed by atoms with van der Waals surface area (Å²) in [5.41, 5.74) is -0.622. The summed E-state index contributed by atoms with van der Waals surface area (Å²) in [7, 11) is 1.42. The predicted octanol–water partition coefficient (Wildman–Crippen LogP) is 3.40. The molecule has 0 fully saturated rings. The number of rotatable bonds is 5. The number of fused-ring (bicyclic) bond motifs is 1. The van der Waals surface area contributed by atoms with E-state index in [4.69, 9.17) is 16.3 Å². The minimum atomic E-state index is -4.58. The summed E-state index contributed by atoms with van der Waals surface area (Å²) < 4.78 is 44.0. The molecule has 1 heterocycles. The second-order valence-electron chi connectivity index (χ2n) is 4.45. The van der Waals surface area contributed by atoms with Crippen molar-refractivity contribution < 1.29 is 23.0 Å². The first kappa shape index (κ1) is 17.3. The van der Waals surface area contributed by atoms with Crippen LogP contribution in [0, 0.1) is 0 Å². The lowest BCUT2D eigenvalue weighted by Gasteiger charge is -2.15. The van der Waals surface area contributed by atoms with Crippen LogP contribution in [0.15, 0.2) is 23.5 Å². The normalized spacial score (nSPS) is 13.5. The molecule has 1 atom stereocenters. The molecule has 1 aromatic heterocycles. The molecule has 0 spiro atoms. The Morgan fingerprint density at radius 1 is 1.45 bits per heavy atom. The number of alkyl halides is 3. The highest BCUT2D eigenvalue weighted by molar-refractivity contribution is 7.99. The van der Waals surface area contributed by atoms with E-state index in [1.807, 2.05) is 0 Å². The minimum absolute atomic E-state index is 0.0799. The number of nitrogens with zero attached hydrogens (tertiary/aromatic N) is 2. The van der Waals surface area contributed by atoms with Crippen LogP contribution in [-0.2, 0) is 10.9 Å². The quantitative estimate of drug-likeness (QED) is 0.836. The molecular formula is C13H12ClF3N2O2S. The van der Waals surface area contributed by atoms with Crippen LogP contribution in [0.4, 0.5) is 13.2 Å². The van der Waals surface area contributed by atoms with Gasteiger partial charge in [0.05, 0.1) is 33.7 Å². The van der Waals surface area contributed by atoms with Crippen molar-refractivity contribution in [1.29, 1.82) is 0 Å². The van der Waals surface area contributed by atoms with Gasteiger partial charge in [0.1, 0.15) is 6.33 Å². The van der Waals surface area contributed by atoms with E-state index >= 15 is 0 Å². The van der Waals surface area contributed by atoms with Crippen molar-refractivity contribution in [3.05, 3.63) is 29.2 Å². The molecule has 0 aliphatic carbocycles. The summed E-state index contributed by atoms with van der Waals surface area (Å²) in [6.45, 7) is 0.0799. The number of halogens is 4. The van der Waals surface area contributed by atoms with E-state index in [1.54, 1.807) is 0 Å². The van der Waals surface area contributed by atoms with Crippen LogP contribution < -0.4 is 0 Å². The van der Waals surface area contributed by atoms with E-state index < -0.39 is 22.9 Å². The Morgan fingerprint density at radius 2 is 2.18 bits per heavy atom. The van der Waals surface area contributed by atoms with Crippen LogP contribution in [0.1, 0.15) is 5.56 Å². The van der Waals surface area contributed by atoms with E-state index in [0.29, 0.717) is 5.52 Å². The average molecular weight is 353 g/mol. The van der Waals surface area contributed by atoms with Crippen molar-refractivity contribution in [2.24, 2.45) is 0 Å². The van der Waals surface area contributed by atoms with Crippen molar-refractivity contribution >= 4 is 34.3 Å². The fourth-order valence-electron chi connectivity index (χ4n) is 1.84. The lowest BCUT2D eigenvalue weighted by molar-refractivity contribution is -0.137. The molecule has 0 aliphatic heterocycles. The molecule has 4 nitrogen and oxygen atoms in total. The first-order chi connectivity index (χ1) is 10.3. The van der Waals surface area contributed by atoms with Crippen LogP contribution >= 0.6 is 23.4 Å². The van der Waals surface area contributed by atoms with Gasteiger partial charge >= 0.3 is 6.18 Å².